The van der Waals surface area contributed by atoms with Crippen LogP contribution >= 0.6 is 35.6 Å². The number of morpholine rings is 1. The van der Waals surface area contributed by atoms with Gasteiger partial charge in [-0.25, -0.2) is 0 Å². The van der Waals surface area contributed by atoms with Gasteiger partial charge in [0.2, 0.25) is 0 Å². The molecule has 2 rings (SSSR count). The third-order valence-corrected chi connectivity index (χ3v) is 3.11. The summed E-state index contributed by atoms with van der Waals surface area (Å²) in [5.41, 5.74) is 0.763. The van der Waals surface area contributed by atoms with Crippen LogP contribution in [0.4, 0.5) is 0 Å². The lowest BCUT2D eigenvalue weighted by molar-refractivity contribution is 0.0339. The second kappa shape index (κ2) is 6.66. The lowest BCUT2D eigenvalue weighted by Gasteiger charge is -2.26. The molecule has 1 heterocycles. The van der Waals surface area contributed by atoms with Gasteiger partial charge in [0.1, 0.15) is 5.75 Å². The summed E-state index contributed by atoms with van der Waals surface area (Å²) in [4.78, 5) is 2.20. The maximum Gasteiger partial charge on any atom is 0.138 e. The first kappa shape index (κ1) is 14.9. The Morgan fingerprint density at radius 1 is 1.24 bits per heavy atom. The Morgan fingerprint density at radius 2 is 1.88 bits per heavy atom. The molecule has 0 atom stereocenters. The molecule has 1 N–H and O–H groups in total. The van der Waals surface area contributed by atoms with Gasteiger partial charge in [-0.3, -0.25) is 4.90 Å². The summed E-state index contributed by atoms with van der Waals surface area (Å²) in [5.74, 6) is 0.123. The molecular formula is C11H14Cl3NO2. The SMILES string of the molecule is Cl.Oc1c(Cl)cc(Cl)cc1CN1CCOCC1. The molecule has 1 fully saturated rings. The standard InChI is InChI=1S/C11H13Cl2NO2.ClH/c12-9-5-8(11(15)10(13)6-9)7-14-1-3-16-4-2-14;/h5-6,15H,1-4,7H2;1H. The fourth-order valence-corrected chi connectivity index (χ4v) is 2.28. The molecule has 1 saturated heterocycles. The molecule has 1 aliphatic heterocycles. The summed E-state index contributed by atoms with van der Waals surface area (Å²) < 4.78 is 5.26. The molecule has 1 aromatic rings. The van der Waals surface area contributed by atoms with E-state index < -0.39 is 0 Å². The molecule has 1 aromatic carbocycles. The third kappa shape index (κ3) is 3.90. The quantitative estimate of drug-likeness (QED) is 0.911. The van der Waals surface area contributed by atoms with Crippen molar-refractivity contribution in [1.29, 1.82) is 0 Å². The van der Waals surface area contributed by atoms with E-state index in [1.54, 1.807) is 12.1 Å². The molecule has 17 heavy (non-hydrogen) atoms. The van der Waals surface area contributed by atoms with Gasteiger partial charge in [0.25, 0.3) is 0 Å². The summed E-state index contributed by atoms with van der Waals surface area (Å²) in [6.45, 7) is 3.84. The number of phenolic OH excluding ortho intramolecular Hbond substituents is 1. The van der Waals surface area contributed by atoms with E-state index in [-0.39, 0.29) is 18.2 Å². The lowest BCUT2D eigenvalue weighted by atomic mass is 10.2. The summed E-state index contributed by atoms with van der Waals surface area (Å²) in [7, 11) is 0. The molecule has 0 spiro atoms. The van der Waals surface area contributed by atoms with E-state index in [1.165, 1.54) is 0 Å². The van der Waals surface area contributed by atoms with Gasteiger partial charge < -0.3 is 9.84 Å². The van der Waals surface area contributed by atoms with E-state index in [9.17, 15) is 5.11 Å². The molecule has 0 bridgehead atoms. The van der Waals surface area contributed by atoms with Crippen LogP contribution in [0, 0.1) is 0 Å². The van der Waals surface area contributed by atoms with Crippen molar-refractivity contribution in [2.24, 2.45) is 0 Å². The van der Waals surface area contributed by atoms with Crippen molar-refractivity contribution in [3.63, 3.8) is 0 Å². The van der Waals surface area contributed by atoms with Crippen LogP contribution in [0.2, 0.25) is 10.0 Å². The van der Waals surface area contributed by atoms with E-state index in [1.807, 2.05) is 0 Å². The molecule has 6 heteroatoms. The number of hydrogen-bond donors (Lipinski definition) is 1. The molecule has 96 valence electrons. The van der Waals surface area contributed by atoms with Gasteiger partial charge in [0.05, 0.1) is 18.2 Å². The zero-order valence-electron chi connectivity index (χ0n) is 9.16. The summed E-state index contributed by atoms with van der Waals surface area (Å²) in [5, 5.41) is 10.7. The smallest absolute Gasteiger partial charge is 0.138 e. The van der Waals surface area contributed by atoms with Crippen LogP contribution in [0.25, 0.3) is 0 Å². The van der Waals surface area contributed by atoms with E-state index in [2.05, 4.69) is 4.90 Å². The Morgan fingerprint density at radius 3 is 2.53 bits per heavy atom. The predicted molar refractivity (Wildman–Crippen MR) is 71.5 cm³/mol. The van der Waals surface area contributed by atoms with Crippen molar-refractivity contribution < 1.29 is 9.84 Å². The minimum absolute atomic E-state index is 0. The first-order valence-electron chi connectivity index (χ1n) is 5.14. The highest BCUT2D eigenvalue weighted by molar-refractivity contribution is 6.35. The van der Waals surface area contributed by atoms with Crippen LogP contribution in [0.5, 0.6) is 5.75 Å². The normalized spacial score (nSPS) is 16.6. The van der Waals surface area contributed by atoms with Gasteiger partial charge >= 0.3 is 0 Å². The number of aromatic hydroxyl groups is 1. The van der Waals surface area contributed by atoms with Gasteiger partial charge in [-0.2, -0.15) is 0 Å². The van der Waals surface area contributed by atoms with Crippen molar-refractivity contribution in [3.8, 4) is 5.75 Å². The fourth-order valence-electron chi connectivity index (χ4n) is 1.74. The van der Waals surface area contributed by atoms with E-state index in [0.717, 1.165) is 31.9 Å². The first-order valence-corrected chi connectivity index (χ1v) is 5.89. The molecule has 1 aliphatic rings. The van der Waals surface area contributed by atoms with Crippen LogP contribution in [0.3, 0.4) is 0 Å². The van der Waals surface area contributed by atoms with E-state index in [0.29, 0.717) is 16.6 Å². The van der Waals surface area contributed by atoms with Crippen molar-refractivity contribution >= 4 is 35.6 Å². The highest BCUT2D eigenvalue weighted by atomic mass is 35.5. The molecule has 0 amide bonds. The van der Waals surface area contributed by atoms with Crippen LogP contribution in [0.1, 0.15) is 5.56 Å². The number of phenols is 1. The number of benzene rings is 1. The van der Waals surface area contributed by atoms with Crippen molar-refractivity contribution in [2.45, 2.75) is 6.54 Å². The second-order valence-electron chi connectivity index (χ2n) is 3.78. The van der Waals surface area contributed by atoms with Gasteiger partial charge in [-0.1, -0.05) is 23.2 Å². The minimum atomic E-state index is 0. The van der Waals surface area contributed by atoms with Crippen molar-refractivity contribution in [2.75, 3.05) is 26.3 Å². The Balaban J connectivity index is 0.00000144. The van der Waals surface area contributed by atoms with Crippen LogP contribution in [0.15, 0.2) is 12.1 Å². The summed E-state index contributed by atoms with van der Waals surface area (Å²) >= 11 is 11.8. The average molecular weight is 299 g/mol. The predicted octanol–water partition coefficient (Wildman–Crippen LogP) is 2.95. The first-order chi connectivity index (χ1) is 7.66. The topological polar surface area (TPSA) is 32.7 Å². The fraction of sp³-hybridized carbons (Fsp3) is 0.455. The Kier molecular flexibility index (Phi) is 5.83. The number of hydrogen-bond acceptors (Lipinski definition) is 3. The maximum absolute atomic E-state index is 9.80. The zero-order chi connectivity index (χ0) is 11.5. The second-order valence-corrected chi connectivity index (χ2v) is 4.63. The Labute approximate surface area is 117 Å². The van der Waals surface area contributed by atoms with Crippen LogP contribution in [-0.2, 0) is 11.3 Å². The molecule has 0 radical (unpaired) electrons. The van der Waals surface area contributed by atoms with Crippen molar-refractivity contribution in [1.82, 2.24) is 4.90 Å². The molecule has 0 saturated carbocycles. The number of nitrogens with zero attached hydrogens (tertiary/aromatic N) is 1. The van der Waals surface area contributed by atoms with E-state index in [4.69, 9.17) is 27.9 Å². The molecule has 0 aromatic heterocycles. The van der Waals surface area contributed by atoms with Gasteiger partial charge in [-0.15, -0.1) is 12.4 Å². The largest absolute Gasteiger partial charge is 0.506 e. The summed E-state index contributed by atoms with van der Waals surface area (Å²) in [6.07, 6.45) is 0. The average Bonchev–Trinajstić information content (AvgIpc) is 2.27. The number of ether oxygens (including phenoxy) is 1. The third-order valence-electron chi connectivity index (χ3n) is 2.60. The van der Waals surface area contributed by atoms with Gasteiger partial charge in [0.15, 0.2) is 0 Å². The minimum Gasteiger partial charge on any atom is -0.506 e. The Bertz CT molecular complexity index is 381. The summed E-state index contributed by atoms with van der Waals surface area (Å²) in [6, 6.07) is 3.29. The molecular weight excluding hydrogens is 284 g/mol. The number of halogens is 3. The van der Waals surface area contributed by atoms with Crippen molar-refractivity contribution in [3.05, 3.63) is 27.7 Å². The van der Waals surface area contributed by atoms with E-state index >= 15 is 0 Å². The molecule has 3 nitrogen and oxygen atoms in total. The lowest BCUT2D eigenvalue weighted by Crippen LogP contribution is -2.35. The van der Waals surface area contributed by atoms with Crippen LogP contribution < -0.4 is 0 Å². The van der Waals surface area contributed by atoms with Gasteiger partial charge in [-0.05, 0) is 12.1 Å². The van der Waals surface area contributed by atoms with Gasteiger partial charge in [0, 0.05) is 30.2 Å². The highest BCUT2D eigenvalue weighted by Crippen LogP contribution is 2.31. The monoisotopic (exact) mass is 297 g/mol. The number of rotatable bonds is 2. The maximum atomic E-state index is 9.80. The Hall–Kier alpha value is -0.190. The zero-order valence-corrected chi connectivity index (χ0v) is 11.5. The molecule has 0 aliphatic carbocycles. The van der Waals surface area contributed by atoms with Crippen LogP contribution in [-0.4, -0.2) is 36.3 Å². The molecule has 0 unspecified atom stereocenters. The highest BCUT2D eigenvalue weighted by Gasteiger charge is 2.14.